The Balaban J connectivity index is 2.33. The van der Waals surface area contributed by atoms with E-state index < -0.39 is 6.10 Å². The lowest BCUT2D eigenvalue weighted by atomic mass is 10.0. The molecule has 1 amide bonds. The largest absolute Gasteiger partial charge is 0.391 e. The van der Waals surface area contributed by atoms with Gasteiger partial charge in [0.1, 0.15) is 0 Å². The Morgan fingerprint density at radius 3 is 2.68 bits per heavy atom. The summed E-state index contributed by atoms with van der Waals surface area (Å²) in [6, 6.07) is 0. The number of hydrogen-bond donors (Lipinski definition) is 3. The smallest absolute Gasteiger partial charge is 0.220 e. The second-order valence-corrected chi connectivity index (χ2v) is 5.17. The molecule has 2 unspecified atom stereocenters. The van der Waals surface area contributed by atoms with Gasteiger partial charge in [-0.1, -0.05) is 20.3 Å². The third-order valence-electron chi connectivity index (χ3n) is 3.69. The summed E-state index contributed by atoms with van der Waals surface area (Å²) in [6.45, 7) is 8.23. The van der Waals surface area contributed by atoms with E-state index in [0.29, 0.717) is 19.4 Å². The number of rotatable bonds is 7. The zero-order valence-electron chi connectivity index (χ0n) is 12.3. The van der Waals surface area contributed by atoms with E-state index in [-0.39, 0.29) is 11.8 Å². The van der Waals surface area contributed by atoms with Crippen LogP contribution in [0.5, 0.6) is 0 Å². The summed E-state index contributed by atoms with van der Waals surface area (Å²) in [6.07, 6.45) is 1.55. The zero-order valence-corrected chi connectivity index (χ0v) is 12.3. The van der Waals surface area contributed by atoms with Gasteiger partial charge >= 0.3 is 0 Å². The fourth-order valence-electron chi connectivity index (χ4n) is 1.96. The van der Waals surface area contributed by atoms with Crippen LogP contribution in [0.15, 0.2) is 0 Å². The summed E-state index contributed by atoms with van der Waals surface area (Å²) >= 11 is 0. The average molecular weight is 267 g/mol. The molecule has 1 heterocycles. The number of amides is 1. The summed E-state index contributed by atoms with van der Waals surface area (Å²) in [7, 11) is 0. The van der Waals surface area contributed by atoms with Crippen LogP contribution in [0, 0.1) is 19.8 Å². The molecule has 0 aromatic carbocycles. The monoisotopic (exact) mass is 267 g/mol. The van der Waals surface area contributed by atoms with Gasteiger partial charge in [-0.2, -0.15) is 5.10 Å². The second-order valence-electron chi connectivity index (χ2n) is 5.17. The number of aliphatic hydroxyl groups is 1. The molecule has 0 bridgehead atoms. The minimum absolute atomic E-state index is 0.0256. The van der Waals surface area contributed by atoms with E-state index in [1.807, 2.05) is 27.7 Å². The molecule has 0 aliphatic rings. The molecule has 0 saturated heterocycles. The van der Waals surface area contributed by atoms with Gasteiger partial charge in [-0.25, -0.2) is 0 Å². The third kappa shape index (κ3) is 4.67. The van der Waals surface area contributed by atoms with Crippen LogP contribution >= 0.6 is 0 Å². The summed E-state index contributed by atoms with van der Waals surface area (Å²) in [5, 5.41) is 19.6. The van der Waals surface area contributed by atoms with Gasteiger partial charge in [0.05, 0.1) is 11.8 Å². The van der Waals surface area contributed by atoms with Gasteiger partial charge in [0.25, 0.3) is 0 Å². The quantitative estimate of drug-likeness (QED) is 0.700. The van der Waals surface area contributed by atoms with Crippen molar-refractivity contribution in [3.05, 3.63) is 17.0 Å². The van der Waals surface area contributed by atoms with E-state index in [1.54, 1.807) is 0 Å². The van der Waals surface area contributed by atoms with Crippen molar-refractivity contribution < 1.29 is 9.90 Å². The molecule has 0 saturated carbocycles. The molecule has 0 spiro atoms. The van der Waals surface area contributed by atoms with Gasteiger partial charge in [0.2, 0.25) is 5.91 Å². The molecule has 0 fully saturated rings. The Morgan fingerprint density at radius 2 is 2.16 bits per heavy atom. The number of nitrogens with one attached hydrogen (secondary N) is 2. The van der Waals surface area contributed by atoms with Crippen LogP contribution in [0.1, 0.15) is 43.6 Å². The first-order chi connectivity index (χ1) is 8.95. The topological polar surface area (TPSA) is 78.0 Å². The van der Waals surface area contributed by atoms with Crippen molar-refractivity contribution in [2.45, 2.75) is 53.1 Å². The minimum atomic E-state index is -0.466. The predicted octanol–water partition coefficient (Wildman–Crippen LogP) is 1.48. The third-order valence-corrected chi connectivity index (χ3v) is 3.69. The van der Waals surface area contributed by atoms with Crippen molar-refractivity contribution in [1.29, 1.82) is 0 Å². The standard InChI is InChI=1S/C14H25N3O2/c1-5-9(2)13(18)8-15-14(19)7-6-12-10(3)16-17-11(12)4/h9,13,18H,5-8H2,1-4H3,(H,15,19)(H,16,17). The van der Waals surface area contributed by atoms with Crippen LogP contribution in [-0.4, -0.2) is 33.9 Å². The Hall–Kier alpha value is -1.36. The lowest BCUT2D eigenvalue weighted by Crippen LogP contribution is -2.35. The first-order valence-corrected chi connectivity index (χ1v) is 6.90. The molecular weight excluding hydrogens is 242 g/mol. The van der Waals surface area contributed by atoms with Crippen molar-refractivity contribution in [1.82, 2.24) is 15.5 Å². The highest BCUT2D eigenvalue weighted by Crippen LogP contribution is 2.11. The van der Waals surface area contributed by atoms with Gasteiger partial charge in [-0.05, 0) is 31.7 Å². The van der Waals surface area contributed by atoms with Crippen LogP contribution in [-0.2, 0) is 11.2 Å². The van der Waals surface area contributed by atoms with Crippen molar-refractivity contribution in [3.8, 4) is 0 Å². The summed E-state index contributed by atoms with van der Waals surface area (Å²) in [5.74, 6) is 0.181. The molecule has 1 aromatic heterocycles. The van der Waals surface area contributed by atoms with Crippen LogP contribution in [0.4, 0.5) is 0 Å². The molecule has 1 rings (SSSR count). The number of hydrogen-bond acceptors (Lipinski definition) is 3. The van der Waals surface area contributed by atoms with Gasteiger partial charge in [-0.15, -0.1) is 0 Å². The molecule has 19 heavy (non-hydrogen) atoms. The number of nitrogens with zero attached hydrogens (tertiary/aromatic N) is 1. The highest BCUT2D eigenvalue weighted by molar-refractivity contribution is 5.76. The lowest BCUT2D eigenvalue weighted by molar-refractivity contribution is -0.121. The van der Waals surface area contributed by atoms with Crippen molar-refractivity contribution in [2.24, 2.45) is 5.92 Å². The maximum Gasteiger partial charge on any atom is 0.220 e. The normalized spacial score (nSPS) is 14.2. The van der Waals surface area contributed by atoms with Gasteiger partial charge in [0, 0.05) is 18.7 Å². The lowest BCUT2D eigenvalue weighted by Gasteiger charge is -2.17. The van der Waals surface area contributed by atoms with E-state index in [1.165, 1.54) is 0 Å². The second kappa shape index (κ2) is 7.28. The van der Waals surface area contributed by atoms with E-state index in [4.69, 9.17) is 0 Å². The number of carbonyl (C=O) groups excluding carboxylic acids is 1. The Labute approximate surface area is 114 Å². The van der Waals surface area contributed by atoms with Crippen LogP contribution in [0.2, 0.25) is 0 Å². The maximum atomic E-state index is 11.7. The summed E-state index contributed by atoms with van der Waals surface area (Å²) < 4.78 is 0. The average Bonchev–Trinajstić information content (AvgIpc) is 2.72. The molecule has 108 valence electrons. The van der Waals surface area contributed by atoms with E-state index >= 15 is 0 Å². The molecule has 0 aliphatic carbocycles. The highest BCUT2D eigenvalue weighted by Gasteiger charge is 2.14. The van der Waals surface area contributed by atoms with Gasteiger partial charge < -0.3 is 10.4 Å². The molecule has 0 aliphatic heterocycles. The molecule has 5 nitrogen and oxygen atoms in total. The number of aliphatic hydroxyl groups excluding tert-OH is 1. The van der Waals surface area contributed by atoms with Gasteiger partial charge in [-0.3, -0.25) is 9.89 Å². The van der Waals surface area contributed by atoms with E-state index in [2.05, 4.69) is 15.5 Å². The summed E-state index contributed by atoms with van der Waals surface area (Å²) in [5.41, 5.74) is 3.08. The first-order valence-electron chi connectivity index (χ1n) is 6.90. The molecule has 2 atom stereocenters. The fraction of sp³-hybridized carbons (Fsp3) is 0.714. The Bertz CT molecular complexity index is 395. The Morgan fingerprint density at radius 1 is 1.47 bits per heavy atom. The number of aromatic nitrogens is 2. The molecule has 3 N–H and O–H groups in total. The maximum absolute atomic E-state index is 11.7. The van der Waals surface area contributed by atoms with E-state index in [9.17, 15) is 9.90 Å². The van der Waals surface area contributed by atoms with Gasteiger partial charge in [0.15, 0.2) is 0 Å². The molecule has 1 aromatic rings. The van der Waals surface area contributed by atoms with Crippen molar-refractivity contribution in [3.63, 3.8) is 0 Å². The zero-order chi connectivity index (χ0) is 14.4. The minimum Gasteiger partial charge on any atom is -0.391 e. The summed E-state index contributed by atoms with van der Waals surface area (Å²) in [4.78, 5) is 11.7. The predicted molar refractivity (Wildman–Crippen MR) is 74.9 cm³/mol. The Kier molecular flexibility index (Phi) is 6.02. The number of H-pyrrole nitrogens is 1. The van der Waals surface area contributed by atoms with Crippen LogP contribution in [0.25, 0.3) is 0 Å². The number of aryl methyl sites for hydroxylation is 2. The highest BCUT2D eigenvalue weighted by atomic mass is 16.3. The van der Waals surface area contributed by atoms with Crippen LogP contribution < -0.4 is 5.32 Å². The van der Waals surface area contributed by atoms with Crippen molar-refractivity contribution in [2.75, 3.05) is 6.54 Å². The fourth-order valence-corrected chi connectivity index (χ4v) is 1.96. The van der Waals surface area contributed by atoms with Crippen LogP contribution in [0.3, 0.4) is 0 Å². The number of carbonyl (C=O) groups is 1. The number of aromatic amines is 1. The molecule has 5 heteroatoms. The first kappa shape index (κ1) is 15.7. The molecule has 0 radical (unpaired) electrons. The molecular formula is C14H25N3O2. The van der Waals surface area contributed by atoms with Crippen molar-refractivity contribution >= 4 is 5.91 Å². The SMILES string of the molecule is CCC(C)C(O)CNC(=O)CCc1c(C)n[nH]c1C. The van der Waals surface area contributed by atoms with E-state index in [0.717, 1.165) is 23.4 Å².